The van der Waals surface area contributed by atoms with Gasteiger partial charge < -0.3 is 20.3 Å². The van der Waals surface area contributed by atoms with E-state index >= 15 is 0 Å². The lowest BCUT2D eigenvalue weighted by atomic mass is 10.3. The molecule has 15 heavy (non-hydrogen) atoms. The van der Waals surface area contributed by atoms with Crippen molar-refractivity contribution in [3.8, 4) is 11.5 Å². The van der Waals surface area contributed by atoms with Crippen LogP contribution in [0.5, 0.6) is 11.5 Å². The Balaban J connectivity index is 2.53. The molecule has 82 valence electrons. The van der Waals surface area contributed by atoms with Crippen LogP contribution >= 0.6 is 0 Å². The van der Waals surface area contributed by atoms with Crippen molar-refractivity contribution in [2.75, 3.05) is 13.7 Å². The Hall–Kier alpha value is -1.75. The van der Waals surface area contributed by atoms with Gasteiger partial charge in [0.15, 0.2) is 0 Å². The van der Waals surface area contributed by atoms with Gasteiger partial charge in [-0.3, -0.25) is 4.79 Å². The van der Waals surface area contributed by atoms with Gasteiger partial charge in [-0.2, -0.15) is 0 Å². The van der Waals surface area contributed by atoms with Crippen LogP contribution in [0.1, 0.15) is 0 Å². The highest BCUT2D eigenvalue weighted by atomic mass is 16.5. The molecular weight excluding hydrogens is 198 g/mol. The first-order valence-corrected chi connectivity index (χ1v) is 4.38. The lowest BCUT2D eigenvalue weighted by Gasteiger charge is -2.09. The van der Waals surface area contributed by atoms with Crippen molar-refractivity contribution in [2.24, 2.45) is 5.73 Å². The Morgan fingerprint density at radius 1 is 1.53 bits per heavy atom. The monoisotopic (exact) mass is 211 g/mol. The summed E-state index contributed by atoms with van der Waals surface area (Å²) in [6.45, 7) is -0.0670. The van der Waals surface area contributed by atoms with Crippen molar-refractivity contribution in [1.29, 1.82) is 0 Å². The molecule has 0 amide bonds. The van der Waals surface area contributed by atoms with Gasteiger partial charge in [0.05, 0.1) is 7.11 Å². The zero-order valence-electron chi connectivity index (χ0n) is 8.34. The maximum atomic E-state index is 10.4. The Labute approximate surface area is 87.4 Å². The standard InChI is InChI=1S/C10H13NO4/c1-14-7-3-2-4-8(5-7)15-6-9(11)10(12)13/h2-5,9H,6,11H2,1H3,(H,12,13)/t9-/m1/s1. The second-order valence-electron chi connectivity index (χ2n) is 2.93. The van der Waals surface area contributed by atoms with E-state index in [2.05, 4.69) is 0 Å². The molecule has 5 heteroatoms. The van der Waals surface area contributed by atoms with Crippen molar-refractivity contribution in [3.05, 3.63) is 24.3 Å². The maximum absolute atomic E-state index is 10.4. The van der Waals surface area contributed by atoms with Crippen LogP contribution in [-0.4, -0.2) is 30.8 Å². The summed E-state index contributed by atoms with van der Waals surface area (Å²) >= 11 is 0. The van der Waals surface area contributed by atoms with Crippen LogP contribution in [0.3, 0.4) is 0 Å². The summed E-state index contributed by atoms with van der Waals surface area (Å²) in [5.74, 6) is 0.0975. The number of hydrogen-bond acceptors (Lipinski definition) is 4. The van der Waals surface area contributed by atoms with Crippen molar-refractivity contribution < 1.29 is 19.4 Å². The predicted molar refractivity (Wildman–Crippen MR) is 54.1 cm³/mol. The molecule has 0 bridgehead atoms. The normalized spacial score (nSPS) is 11.9. The van der Waals surface area contributed by atoms with Gasteiger partial charge in [-0.1, -0.05) is 6.07 Å². The molecule has 0 fully saturated rings. The first kappa shape index (κ1) is 11.3. The first-order valence-electron chi connectivity index (χ1n) is 4.38. The summed E-state index contributed by atoms with van der Waals surface area (Å²) in [4.78, 5) is 10.4. The molecule has 0 aliphatic heterocycles. The highest BCUT2D eigenvalue weighted by Crippen LogP contribution is 2.18. The summed E-state index contributed by atoms with van der Waals surface area (Å²) in [5.41, 5.74) is 5.28. The van der Waals surface area contributed by atoms with Gasteiger partial charge in [0, 0.05) is 6.07 Å². The van der Waals surface area contributed by atoms with Crippen LogP contribution in [0.25, 0.3) is 0 Å². The number of hydrogen-bond donors (Lipinski definition) is 2. The zero-order valence-corrected chi connectivity index (χ0v) is 8.34. The fourth-order valence-electron chi connectivity index (χ4n) is 0.948. The molecule has 0 saturated heterocycles. The summed E-state index contributed by atoms with van der Waals surface area (Å²) in [7, 11) is 1.54. The average Bonchev–Trinajstić information content (AvgIpc) is 2.26. The molecule has 3 N–H and O–H groups in total. The minimum absolute atomic E-state index is 0.0670. The third kappa shape index (κ3) is 3.47. The average molecular weight is 211 g/mol. The molecule has 0 spiro atoms. The Morgan fingerprint density at radius 2 is 2.20 bits per heavy atom. The number of carboxylic acids is 1. The van der Waals surface area contributed by atoms with Crippen molar-refractivity contribution >= 4 is 5.97 Å². The fourth-order valence-corrected chi connectivity index (χ4v) is 0.948. The summed E-state index contributed by atoms with van der Waals surface area (Å²) < 4.78 is 10.2. The van der Waals surface area contributed by atoms with Crippen LogP contribution in [0.4, 0.5) is 0 Å². The van der Waals surface area contributed by atoms with E-state index in [0.717, 1.165) is 0 Å². The predicted octanol–water partition coefficient (Wildman–Crippen LogP) is 0.486. The topological polar surface area (TPSA) is 81.8 Å². The van der Waals surface area contributed by atoms with E-state index in [1.54, 1.807) is 31.4 Å². The van der Waals surface area contributed by atoms with E-state index in [4.69, 9.17) is 20.3 Å². The second kappa shape index (κ2) is 5.21. The molecule has 1 atom stereocenters. The van der Waals surface area contributed by atoms with E-state index in [1.165, 1.54) is 0 Å². The molecule has 5 nitrogen and oxygen atoms in total. The van der Waals surface area contributed by atoms with Crippen LogP contribution in [0.2, 0.25) is 0 Å². The molecule has 0 radical (unpaired) electrons. The van der Waals surface area contributed by atoms with Gasteiger partial charge in [0.1, 0.15) is 24.1 Å². The Bertz CT molecular complexity index is 340. The van der Waals surface area contributed by atoms with Crippen LogP contribution in [0, 0.1) is 0 Å². The first-order chi connectivity index (χ1) is 7.13. The Kier molecular flexibility index (Phi) is 3.93. The molecule has 1 aromatic carbocycles. The maximum Gasteiger partial charge on any atom is 0.324 e. The summed E-state index contributed by atoms with van der Waals surface area (Å²) in [5, 5.41) is 8.53. The van der Waals surface area contributed by atoms with E-state index < -0.39 is 12.0 Å². The molecule has 0 aliphatic carbocycles. The minimum Gasteiger partial charge on any atom is -0.497 e. The van der Waals surface area contributed by atoms with Gasteiger partial charge in [-0.15, -0.1) is 0 Å². The molecule has 0 aliphatic rings. The van der Waals surface area contributed by atoms with Gasteiger partial charge in [0.2, 0.25) is 0 Å². The smallest absolute Gasteiger partial charge is 0.324 e. The second-order valence-corrected chi connectivity index (χ2v) is 2.93. The van der Waals surface area contributed by atoms with Crippen LogP contribution in [0.15, 0.2) is 24.3 Å². The number of carbonyl (C=O) groups is 1. The van der Waals surface area contributed by atoms with Crippen molar-refractivity contribution in [3.63, 3.8) is 0 Å². The highest BCUT2D eigenvalue weighted by Gasteiger charge is 2.11. The highest BCUT2D eigenvalue weighted by molar-refractivity contribution is 5.73. The van der Waals surface area contributed by atoms with E-state index in [-0.39, 0.29) is 6.61 Å². The fraction of sp³-hybridized carbons (Fsp3) is 0.300. The summed E-state index contributed by atoms with van der Waals surface area (Å²) in [6, 6.07) is 5.87. The lowest BCUT2D eigenvalue weighted by molar-refractivity contribution is -0.139. The molecule has 1 rings (SSSR count). The minimum atomic E-state index is -1.09. The van der Waals surface area contributed by atoms with E-state index in [9.17, 15) is 4.79 Å². The van der Waals surface area contributed by atoms with Gasteiger partial charge in [-0.25, -0.2) is 0 Å². The molecular formula is C10H13NO4. The third-order valence-corrected chi connectivity index (χ3v) is 1.79. The quantitative estimate of drug-likeness (QED) is 0.740. The van der Waals surface area contributed by atoms with E-state index in [0.29, 0.717) is 11.5 Å². The molecule has 0 heterocycles. The molecule has 1 aromatic rings. The van der Waals surface area contributed by atoms with Crippen LogP contribution in [-0.2, 0) is 4.79 Å². The zero-order chi connectivity index (χ0) is 11.3. The number of aliphatic carboxylic acids is 1. The van der Waals surface area contributed by atoms with Gasteiger partial charge in [0.25, 0.3) is 0 Å². The number of methoxy groups -OCH3 is 1. The summed E-state index contributed by atoms with van der Waals surface area (Å²) in [6.07, 6.45) is 0. The number of benzene rings is 1. The van der Waals surface area contributed by atoms with Crippen LogP contribution < -0.4 is 15.2 Å². The third-order valence-electron chi connectivity index (χ3n) is 1.79. The largest absolute Gasteiger partial charge is 0.497 e. The number of nitrogens with two attached hydrogens (primary N) is 1. The van der Waals surface area contributed by atoms with Gasteiger partial charge in [-0.05, 0) is 12.1 Å². The molecule has 0 saturated carbocycles. The van der Waals surface area contributed by atoms with Crippen molar-refractivity contribution in [1.82, 2.24) is 0 Å². The molecule has 0 aromatic heterocycles. The number of rotatable bonds is 5. The molecule has 0 unspecified atom stereocenters. The number of carboxylic acid groups (broad SMARTS) is 1. The number of ether oxygens (including phenoxy) is 2. The SMILES string of the molecule is COc1cccc(OC[C@@H](N)C(=O)O)c1. The van der Waals surface area contributed by atoms with E-state index in [1.807, 2.05) is 0 Å². The van der Waals surface area contributed by atoms with Crippen molar-refractivity contribution in [2.45, 2.75) is 6.04 Å². The lowest BCUT2D eigenvalue weighted by Crippen LogP contribution is -2.36. The Morgan fingerprint density at radius 3 is 2.80 bits per heavy atom. The van der Waals surface area contributed by atoms with Gasteiger partial charge >= 0.3 is 5.97 Å².